The van der Waals surface area contributed by atoms with Crippen LogP contribution in [0.5, 0.6) is 5.75 Å². The highest BCUT2D eigenvalue weighted by atomic mass is 32.1. The zero-order valence-corrected chi connectivity index (χ0v) is 12.8. The SMILES string of the molecule is CC(C)c1nc(COc2ccccc2C(C)C)cs1. The Morgan fingerprint density at radius 2 is 1.84 bits per heavy atom. The maximum absolute atomic E-state index is 5.92. The third kappa shape index (κ3) is 3.57. The van der Waals surface area contributed by atoms with Gasteiger partial charge in [0.25, 0.3) is 0 Å². The van der Waals surface area contributed by atoms with Crippen LogP contribution in [0, 0.1) is 0 Å². The zero-order chi connectivity index (χ0) is 13.8. The summed E-state index contributed by atoms with van der Waals surface area (Å²) >= 11 is 1.71. The quantitative estimate of drug-likeness (QED) is 0.768. The van der Waals surface area contributed by atoms with Gasteiger partial charge in [-0.3, -0.25) is 0 Å². The smallest absolute Gasteiger partial charge is 0.131 e. The molecule has 0 aliphatic carbocycles. The van der Waals surface area contributed by atoms with Gasteiger partial charge in [-0.1, -0.05) is 45.9 Å². The van der Waals surface area contributed by atoms with Crippen molar-refractivity contribution in [3.8, 4) is 5.75 Å². The van der Waals surface area contributed by atoms with Gasteiger partial charge in [0.1, 0.15) is 12.4 Å². The van der Waals surface area contributed by atoms with Gasteiger partial charge < -0.3 is 4.74 Å². The van der Waals surface area contributed by atoms with E-state index >= 15 is 0 Å². The number of para-hydroxylation sites is 1. The summed E-state index contributed by atoms with van der Waals surface area (Å²) in [5.74, 6) is 1.93. The van der Waals surface area contributed by atoms with Gasteiger partial charge in [-0.25, -0.2) is 4.98 Å². The van der Waals surface area contributed by atoms with Crippen molar-refractivity contribution in [3.05, 3.63) is 45.9 Å². The average Bonchev–Trinajstić information content (AvgIpc) is 2.85. The monoisotopic (exact) mass is 275 g/mol. The van der Waals surface area contributed by atoms with Crippen LogP contribution < -0.4 is 4.74 Å². The first-order chi connectivity index (χ1) is 9.08. The number of nitrogens with zero attached hydrogens (tertiary/aromatic N) is 1. The Morgan fingerprint density at radius 3 is 2.47 bits per heavy atom. The van der Waals surface area contributed by atoms with Gasteiger partial charge in [0.2, 0.25) is 0 Å². The molecule has 0 unspecified atom stereocenters. The van der Waals surface area contributed by atoms with E-state index in [1.807, 2.05) is 12.1 Å². The van der Waals surface area contributed by atoms with E-state index in [9.17, 15) is 0 Å². The number of ether oxygens (including phenoxy) is 1. The average molecular weight is 275 g/mol. The number of benzene rings is 1. The van der Waals surface area contributed by atoms with Crippen LogP contribution >= 0.6 is 11.3 Å². The summed E-state index contributed by atoms with van der Waals surface area (Å²) in [6.07, 6.45) is 0. The molecule has 0 saturated carbocycles. The summed E-state index contributed by atoms with van der Waals surface area (Å²) in [6.45, 7) is 9.24. The third-order valence-electron chi connectivity index (χ3n) is 2.98. The highest BCUT2D eigenvalue weighted by Crippen LogP contribution is 2.27. The molecule has 2 aromatic rings. The second kappa shape index (κ2) is 6.20. The second-order valence-corrected chi connectivity index (χ2v) is 6.20. The van der Waals surface area contributed by atoms with Gasteiger partial charge in [-0.2, -0.15) is 0 Å². The molecule has 1 heterocycles. The minimum atomic E-state index is 0.470. The summed E-state index contributed by atoms with van der Waals surface area (Å²) in [4.78, 5) is 4.59. The second-order valence-electron chi connectivity index (χ2n) is 5.31. The Labute approximate surface area is 119 Å². The highest BCUT2D eigenvalue weighted by Gasteiger charge is 2.09. The molecule has 102 valence electrons. The van der Waals surface area contributed by atoms with Crippen molar-refractivity contribution in [3.63, 3.8) is 0 Å². The predicted molar refractivity (Wildman–Crippen MR) is 81.1 cm³/mol. The van der Waals surface area contributed by atoms with E-state index in [0.717, 1.165) is 11.4 Å². The maximum Gasteiger partial charge on any atom is 0.131 e. The Kier molecular flexibility index (Phi) is 4.59. The highest BCUT2D eigenvalue weighted by molar-refractivity contribution is 7.09. The fourth-order valence-corrected chi connectivity index (χ4v) is 2.71. The molecule has 0 radical (unpaired) electrons. The molecule has 0 spiro atoms. The topological polar surface area (TPSA) is 22.1 Å². The molecule has 1 aromatic heterocycles. The standard InChI is InChI=1S/C16H21NOS/c1-11(2)14-7-5-6-8-15(14)18-9-13-10-19-16(17-13)12(3)4/h5-8,10-12H,9H2,1-4H3. The van der Waals surface area contributed by atoms with E-state index in [4.69, 9.17) is 4.74 Å². The van der Waals surface area contributed by atoms with Crippen molar-refractivity contribution in [1.82, 2.24) is 4.98 Å². The van der Waals surface area contributed by atoms with Crippen LogP contribution in [-0.2, 0) is 6.61 Å². The van der Waals surface area contributed by atoms with Crippen LogP contribution in [0.1, 0.15) is 55.8 Å². The van der Waals surface area contributed by atoms with Crippen LogP contribution in [0.4, 0.5) is 0 Å². The van der Waals surface area contributed by atoms with E-state index in [-0.39, 0.29) is 0 Å². The van der Waals surface area contributed by atoms with Crippen molar-refractivity contribution in [2.45, 2.75) is 46.1 Å². The first-order valence-corrected chi connectivity index (χ1v) is 7.62. The first-order valence-electron chi connectivity index (χ1n) is 6.74. The number of hydrogen-bond acceptors (Lipinski definition) is 3. The lowest BCUT2D eigenvalue weighted by molar-refractivity contribution is 0.297. The largest absolute Gasteiger partial charge is 0.487 e. The molecule has 19 heavy (non-hydrogen) atoms. The fraction of sp³-hybridized carbons (Fsp3) is 0.438. The summed E-state index contributed by atoms with van der Waals surface area (Å²) in [7, 11) is 0. The Morgan fingerprint density at radius 1 is 1.11 bits per heavy atom. The Balaban J connectivity index is 2.06. The van der Waals surface area contributed by atoms with Gasteiger partial charge in [-0.15, -0.1) is 11.3 Å². The van der Waals surface area contributed by atoms with Gasteiger partial charge in [0.15, 0.2) is 0 Å². The van der Waals surface area contributed by atoms with Crippen molar-refractivity contribution < 1.29 is 4.74 Å². The Hall–Kier alpha value is -1.35. The molecule has 2 rings (SSSR count). The normalized spacial score (nSPS) is 11.3. The van der Waals surface area contributed by atoms with Crippen LogP contribution in [0.2, 0.25) is 0 Å². The van der Waals surface area contributed by atoms with E-state index in [0.29, 0.717) is 18.4 Å². The molecule has 0 aliphatic heterocycles. The molecular formula is C16H21NOS. The molecule has 0 saturated heterocycles. The molecule has 3 heteroatoms. The number of aromatic nitrogens is 1. The molecule has 2 nitrogen and oxygen atoms in total. The van der Waals surface area contributed by atoms with E-state index in [1.54, 1.807) is 11.3 Å². The summed E-state index contributed by atoms with van der Waals surface area (Å²) in [6, 6.07) is 8.23. The summed E-state index contributed by atoms with van der Waals surface area (Å²) < 4.78 is 5.92. The predicted octanol–water partition coefficient (Wildman–Crippen LogP) is 4.97. The Bertz CT molecular complexity index is 531. The third-order valence-corrected chi connectivity index (χ3v) is 4.17. The zero-order valence-electron chi connectivity index (χ0n) is 12.0. The van der Waals surface area contributed by atoms with Crippen LogP contribution in [0.3, 0.4) is 0 Å². The van der Waals surface area contributed by atoms with Crippen molar-refractivity contribution in [1.29, 1.82) is 0 Å². The van der Waals surface area contributed by atoms with Gasteiger partial charge in [-0.05, 0) is 17.5 Å². The number of rotatable bonds is 5. The van der Waals surface area contributed by atoms with Crippen LogP contribution in [0.15, 0.2) is 29.6 Å². The molecular weight excluding hydrogens is 254 g/mol. The van der Waals surface area contributed by atoms with Gasteiger partial charge in [0.05, 0.1) is 10.7 Å². The molecule has 0 amide bonds. The van der Waals surface area contributed by atoms with Crippen molar-refractivity contribution >= 4 is 11.3 Å². The van der Waals surface area contributed by atoms with E-state index in [2.05, 4.69) is 50.2 Å². The van der Waals surface area contributed by atoms with E-state index < -0.39 is 0 Å². The lowest BCUT2D eigenvalue weighted by Crippen LogP contribution is -2.00. The molecule has 0 atom stereocenters. The number of thiazole rings is 1. The molecule has 0 aliphatic rings. The molecule has 0 bridgehead atoms. The van der Waals surface area contributed by atoms with Crippen LogP contribution in [-0.4, -0.2) is 4.98 Å². The van der Waals surface area contributed by atoms with Crippen molar-refractivity contribution in [2.24, 2.45) is 0 Å². The molecule has 0 fully saturated rings. The van der Waals surface area contributed by atoms with Gasteiger partial charge >= 0.3 is 0 Å². The van der Waals surface area contributed by atoms with Crippen LogP contribution in [0.25, 0.3) is 0 Å². The summed E-state index contributed by atoms with van der Waals surface area (Å²) in [5, 5.41) is 3.27. The molecule has 1 aromatic carbocycles. The lowest BCUT2D eigenvalue weighted by atomic mass is 10.0. The molecule has 0 N–H and O–H groups in total. The van der Waals surface area contributed by atoms with Crippen molar-refractivity contribution in [2.75, 3.05) is 0 Å². The fourth-order valence-electron chi connectivity index (χ4n) is 1.89. The minimum Gasteiger partial charge on any atom is -0.487 e. The van der Waals surface area contributed by atoms with E-state index in [1.165, 1.54) is 10.6 Å². The van der Waals surface area contributed by atoms with Gasteiger partial charge in [0, 0.05) is 11.3 Å². The first kappa shape index (κ1) is 14.1. The minimum absolute atomic E-state index is 0.470. The number of hydrogen-bond donors (Lipinski definition) is 0. The summed E-state index contributed by atoms with van der Waals surface area (Å²) in [5.41, 5.74) is 2.27. The lowest BCUT2D eigenvalue weighted by Gasteiger charge is -2.12. The maximum atomic E-state index is 5.92.